The molecule has 1 aromatic carbocycles. The lowest BCUT2D eigenvalue weighted by Crippen LogP contribution is -2.10. The molecule has 0 amide bonds. The molecule has 0 aliphatic carbocycles. The Balaban J connectivity index is 1.87. The third-order valence-corrected chi connectivity index (χ3v) is 7.15. The zero-order valence-corrected chi connectivity index (χ0v) is 16.2. The van der Waals surface area contributed by atoms with Gasteiger partial charge in [0.1, 0.15) is 10.8 Å². The summed E-state index contributed by atoms with van der Waals surface area (Å²) in [4.78, 5) is 4.60. The van der Waals surface area contributed by atoms with Gasteiger partial charge in [-0.05, 0) is 36.8 Å². The lowest BCUT2D eigenvalue weighted by Gasteiger charge is -2.10. The number of aromatic nitrogens is 3. The van der Waals surface area contributed by atoms with Gasteiger partial charge in [0.2, 0.25) is 0 Å². The van der Waals surface area contributed by atoms with Crippen molar-refractivity contribution in [2.75, 3.05) is 6.61 Å². The van der Waals surface area contributed by atoms with Crippen LogP contribution in [-0.2, 0) is 15.6 Å². The first-order valence-electron chi connectivity index (χ1n) is 7.73. The van der Waals surface area contributed by atoms with Crippen molar-refractivity contribution in [3.05, 3.63) is 68.9 Å². The molecule has 3 rings (SSSR count). The second kappa shape index (κ2) is 7.79. The molecule has 2 aromatic heterocycles. The van der Waals surface area contributed by atoms with Gasteiger partial charge in [-0.25, -0.2) is 13.4 Å². The molecule has 2 heterocycles. The summed E-state index contributed by atoms with van der Waals surface area (Å²) in [5, 5.41) is 20.1. The number of hydrogen-bond donors (Lipinski definition) is 1. The van der Waals surface area contributed by atoms with E-state index in [0.29, 0.717) is 27.0 Å². The summed E-state index contributed by atoms with van der Waals surface area (Å²) in [6, 6.07) is 8.29. The second-order valence-corrected chi connectivity index (χ2v) is 8.98. The van der Waals surface area contributed by atoms with E-state index in [2.05, 4.69) is 15.2 Å². The molecule has 0 bridgehead atoms. The molecule has 0 radical (unpaired) electrons. The first-order valence-corrected chi connectivity index (χ1v) is 10.6. The van der Waals surface area contributed by atoms with Crippen molar-refractivity contribution in [3.8, 4) is 0 Å². The van der Waals surface area contributed by atoms with Gasteiger partial charge in [-0.2, -0.15) is 10.2 Å². The molecule has 6 nitrogen and oxygen atoms in total. The number of sulfone groups is 1. The van der Waals surface area contributed by atoms with Gasteiger partial charge < -0.3 is 5.11 Å². The fraction of sp³-hybridized carbons (Fsp3) is 0.235. The Morgan fingerprint density at radius 3 is 2.73 bits per heavy atom. The molecular weight excluding hydrogens is 394 g/mol. The molecule has 0 spiro atoms. The molecule has 3 aromatic rings. The van der Waals surface area contributed by atoms with Crippen LogP contribution in [0.3, 0.4) is 0 Å². The second-order valence-electron chi connectivity index (χ2n) is 5.67. The first-order chi connectivity index (χ1) is 12.4. The predicted octanol–water partition coefficient (Wildman–Crippen LogP) is 2.99. The third kappa shape index (κ3) is 3.93. The summed E-state index contributed by atoms with van der Waals surface area (Å²) in [7, 11) is -3.58. The van der Waals surface area contributed by atoms with Gasteiger partial charge in [-0.1, -0.05) is 17.7 Å². The fourth-order valence-electron chi connectivity index (χ4n) is 2.55. The first kappa shape index (κ1) is 18.9. The average Bonchev–Trinajstić information content (AvgIpc) is 3.06. The number of hydrogen-bond acceptors (Lipinski definition) is 7. The minimum atomic E-state index is -3.58. The Morgan fingerprint density at radius 2 is 2.04 bits per heavy atom. The molecule has 26 heavy (non-hydrogen) atoms. The largest absolute Gasteiger partial charge is 0.395 e. The van der Waals surface area contributed by atoms with Gasteiger partial charge in [-0.3, -0.25) is 0 Å². The number of aliphatic hydroxyl groups is 1. The Morgan fingerprint density at radius 1 is 1.23 bits per heavy atom. The minimum absolute atomic E-state index is 0.192. The average molecular weight is 410 g/mol. The van der Waals surface area contributed by atoms with E-state index >= 15 is 0 Å². The summed E-state index contributed by atoms with van der Waals surface area (Å²) in [6.45, 7) is 1.49. The van der Waals surface area contributed by atoms with E-state index < -0.39 is 15.8 Å². The van der Waals surface area contributed by atoms with Crippen LogP contribution in [0.15, 0.2) is 46.8 Å². The smallest absolute Gasteiger partial charge is 0.185 e. The highest BCUT2D eigenvalue weighted by atomic mass is 35.5. The van der Waals surface area contributed by atoms with Gasteiger partial charge in [-0.15, -0.1) is 11.3 Å². The molecule has 0 saturated heterocycles. The number of aliphatic hydroxyl groups excluding tert-OH is 1. The van der Waals surface area contributed by atoms with Crippen LogP contribution in [-0.4, -0.2) is 35.3 Å². The van der Waals surface area contributed by atoms with Crippen molar-refractivity contribution < 1.29 is 13.5 Å². The Labute approximate surface area is 160 Å². The molecule has 1 unspecified atom stereocenters. The van der Waals surface area contributed by atoms with E-state index in [1.165, 1.54) is 11.3 Å². The van der Waals surface area contributed by atoms with Crippen molar-refractivity contribution in [1.29, 1.82) is 0 Å². The van der Waals surface area contributed by atoms with Crippen LogP contribution in [0.5, 0.6) is 0 Å². The van der Waals surface area contributed by atoms with Crippen molar-refractivity contribution in [3.63, 3.8) is 0 Å². The van der Waals surface area contributed by atoms with Crippen LogP contribution < -0.4 is 0 Å². The monoisotopic (exact) mass is 409 g/mol. The normalized spacial score (nSPS) is 12.9. The molecular formula is C17H16ClN3O3S2. The van der Waals surface area contributed by atoms with Crippen molar-refractivity contribution in [1.82, 2.24) is 15.2 Å². The SMILES string of the molecule is Cc1c(Cl)cccc1S(=O)(=O)Cc1nc(C(CO)c2cccnn2)cs1. The number of benzene rings is 1. The van der Waals surface area contributed by atoms with Crippen LogP contribution in [0, 0.1) is 6.92 Å². The fourth-order valence-corrected chi connectivity index (χ4v) is 5.56. The minimum Gasteiger partial charge on any atom is -0.395 e. The highest BCUT2D eigenvalue weighted by molar-refractivity contribution is 7.90. The molecule has 0 fully saturated rings. The third-order valence-electron chi connectivity index (χ3n) is 3.93. The standard InChI is InChI=1S/C17H16ClN3O3S2/c1-11-13(18)4-2-6-16(11)26(23,24)10-17-20-15(9-25-17)12(8-22)14-5-3-7-19-21-14/h2-7,9,12,22H,8,10H2,1H3. The molecule has 0 saturated carbocycles. The van der Waals surface area contributed by atoms with Crippen molar-refractivity contribution in [2.45, 2.75) is 23.5 Å². The van der Waals surface area contributed by atoms with Crippen LogP contribution in [0.25, 0.3) is 0 Å². The van der Waals surface area contributed by atoms with Gasteiger partial charge in [0.15, 0.2) is 9.84 Å². The zero-order chi connectivity index (χ0) is 18.7. The lowest BCUT2D eigenvalue weighted by molar-refractivity contribution is 0.276. The van der Waals surface area contributed by atoms with Crippen LogP contribution >= 0.6 is 22.9 Å². The molecule has 136 valence electrons. The summed E-state index contributed by atoms with van der Waals surface area (Å²) >= 11 is 7.27. The number of halogens is 1. The highest BCUT2D eigenvalue weighted by Gasteiger charge is 2.23. The summed E-state index contributed by atoms with van der Waals surface area (Å²) in [5.41, 5.74) is 1.69. The molecule has 0 aliphatic heterocycles. The Hall–Kier alpha value is -1.87. The number of nitrogens with zero attached hydrogens (tertiary/aromatic N) is 3. The number of rotatable bonds is 6. The topological polar surface area (TPSA) is 93.0 Å². The van der Waals surface area contributed by atoms with Gasteiger partial charge in [0, 0.05) is 16.6 Å². The van der Waals surface area contributed by atoms with Gasteiger partial charge >= 0.3 is 0 Å². The van der Waals surface area contributed by atoms with Crippen LogP contribution in [0.2, 0.25) is 5.02 Å². The van der Waals surface area contributed by atoms with Gasteiger partial charge in [0.05, 0.1) is 28.8 Å². The maximum Gasteiger partial charge on any atom is 0.185 e. The molecule has 0 aliphatic rings. The summed E-state index contributed by atoms with van der Waals surface area (Å²) in [5.74, 6) is -0.665. The van der Waals surface area contributed by atoms with Gasteiger partial charge in [0.25, 0.3) is 0 Å². The quantitative estimate of drug-likeness (QED) is 0.672. The summed E-state index contributed by atoms with van der Waals surface area (Å²) < 4.78 is 25.5. The maximum absolute atomic E-state index is 12.7. The van der Waals surface area contributed by atoms with E-state index in [4.69, 9.17) is 11.6 Å². The van der Waals surface area contributed by atoms with E-state index in [1.54, 1.807) is 48.8 Å². The number of thiazole rings is 1. The van der Waals surface area contributed by atoms with E-state index in [1.807, 2.05) is 0 Å². The Kier molecular flexibility index (Phi) is 5.67. The Bertz CT molecular complexity index is 1010. The van der Waals surface area contributed by atoms with Crippen LogP contribution in [0.1, 0.15) is 27.9 Å². The predicted molar refractivity (Wildman–Crippen MR) is 100 cm³/mol. The van der Waals surface area contributed by atoms with E-state index in [0.717, 1.165) is 0 Å². The molecule has 9 heteroatoms. The summed E-state index contributed by atoms with van der Waals surface area (Å²) in [6.07, 6.45) is 1.55. The van der Waals surface area contributed by atoms with Crippen molar-refractivity contribution >= 4 is 32.8 Å². The lowest BCUT2D eigenvalue weighted by atomic mass is 10.0. The van der Waals surface area contributed by atoms with Crippen LogP contribution in [0.4, 0.5) is 0 Å². The van der Waals surface area contributed by atoms with E-state index in [9.17, 15) is 13.5 Å². The maximum atomic E-state index is 12.7. The molecule has 1 N–H and O–H groups in total. The zero-order valence-electron chi connectivity index (χ0n) is 13.8. The molecule has 1 atom stereocenters. The highest BCUT2D eigenvalue weighted by Crippen LogP contribution is 2.28. The van der Waals surface area contributed by atoms with Crippen molar-refractivity contribution in [2.24, 2.45) is 0 Å². The van der Waals surface area contributed by atoms with E-state index in [-0.39, 0.29) is 17.3 Å².